The van der Waals surface area contributed by atoms with Crippen molar-refractivity contribution in [3.63, 3.8) is 0 Å². The van der Waals surface area contributed by atoms with Crippen molar-refractivity contribution >= 4 is 17.6 Å². The highest BCUT2D eigenvalue weighted by Gasteiger charge is 2.05. The predicted octanol–water partition coefficient (Wildman–Crippen LogP) is 1.95. The Morgan fingerprint density at radius 3 is 2.21 bits per heavy atom. The summed E-state index contributed by atoms with van der Waals surface area (Å²) in [7, 11) is 0. The molecule has 1 rings (SSSR count). The molecule has 0 saturated heterocycles. The monoisotopic (exact) mass is 263 g/mol. The minimum Gasteiger partial charge on any atom is -0.356 e. The first-order valence-electron chi connectivity index (χ1n) is 6.36. The number of hydrogen-bond donors (Lipinski definition) is 3. The van der Waals surface area contributed by atoms with E-state index in [1.807, 2.05) is 32.0 Å². The van der Waals surface area contributed by atoms with Gasteiger partial charge in [-0.15, -0.1) is 0 Å². The lowest BCUT2D eigenvalue weighted by molar-refractivity contribution is -0.118. The van der Waals surface area contributed by atoms with E-state index in [4.69, 9.17) is 0 Å². The molecule has 0 heterocycles. The Hall–Kier alpha value is -2.04. The average Bonchev–Trinajstić information content (AvgIpc) is 2.33. The van der Waals surface area contributed by atoms with Crippen molar-refractivity contribution in [1.82, 2.24) is 10.6 Å². The lowest BCUT2D eigenvalue weighted by atomic mass is 10.1. The third-order valence-electron chi connectivity index (χ3n) is 2.73. The molecule has 0 atom stereocenters. The van der Waals surface area contributed by atoms with Gasteiger partial charge in [-0.25, -0.2) is 4.79 Å². The van der Waals surface area contributed by atoms with Gasteiger partial charge in [0, 0.05) is 25.7 Å². The molecule has 1 aromatic carbocycles. The molecule has 0 aliphatic rings. The van der Waals surface area contributed by atoms with Crippen LogP contribution in [-0.4, -0.2) is 25.0 Å². The Balaban J connectivity index is 2.33. The van der Waals surface area contributed by atoms with Crippen LogP contribution in [0, 0.1) is 13.8 Å². The SMILES string of the molecule is CC(=O)NCCCNC(=O)Nc1c(C)cccc1C. The summed E-state index contributed by atoms with van der Waals surface area (Å²) in [4.78, 5) is 22.4. The minimum absolute atomic E-state index is 0.0556. The molecule has 3 N–H and O–H groups in total. The van der Waals surface area contributed by atoms with Crippen molar-refractivity contribution in [3.05, 3.63) is 29.3 Å². The van der Waals surface area contributed by atoms with E-state index in [1.165, 1.54) is 6.92 Å². The first kappa shape index (κ1) is 15.0. The van der Waals surface area contributed by atoms with Gasteiger partial charge in [-0.1, -0.05) is 18.2 Å². The maximum atomic E-state index is 11.7. The van der Waals surface area contributed by atoms with Crippen molar-refractivity contribution in [2.24, 2.45) is 0 Å². The Morgan fingerprint density at radius 2 is 1.63 bits per heavy atom. The highest BCUT2D eigenvalue weighted by Crippen LogP contribution is 2.18. The van der Waals surface area contributed by atoms with E-state index in [0.29, 0.717) is 19.5 Å². The Kier molecular flexibility index (Phi) is 5.85. The van der Waals surface area contributed by atoms with Crippen molar-refractivity contribution < 1.29 is 9.59 Å². The fourth-order valence-electron chi connectivity index (χ4n) is 1.72. The zero-order chi connectivity index (χ0) is 14.3. The quantitative estimate of drug-likeness (QED) is 0.711. The number of anilines is 1. The van der Waals surface area contributed by atoms with E-state index in [2.05, 4.69) is 16.0 Å². The summed E-state index contributed by atoms with van der Waals surface area (Å²) in [6.45, 7) is 6.48. The lowest BCUT2D eigenvalue weighted by Gasteiger charge is -2.12. The van der Waals surface area contributed by atoms with Gasteiger partial charge < -0.3 is 16.0 Å². The van der Waals surface area contributed by atoms with E-state index in [1.54, 1.807) is 0 Å². The molecule has 0 bridgehead atoms. The second-order valence-corrected chi connectivity index (χ2v) is 4.48. The Morgan fingerprint density at radius 1 is 1.05 bits per heavy atom. The maximum absolute atomic E-state index is 11.7. The average molecular weight is 263 g/mol. The normalized spacial score (nSPS) is 9.84. The van der Waals surface area contributed by atoms with Gasteiger partial charge in [0.2, 0.25) is 5.91 Å². The molecule has 0 radical (unpaired) electrons. The number of nitrogens with one attached hydrogen (secondary N) is 3. The first-order valence-corrected chi connectivity index (χ1v) is 6.36. The number of urea groups is 1. The molecule has 0 aliphatic carbocycles. The van der Waals surface area contributed by atoms with Gasteiger partial charge in [0.1, 0.15) is 0 Å². The Bertz CT molecular complexity index is 438. The van der Waals surface area contributed by atoms with Gasteiger partial charge in [0.05, 0.1) is 0 Å². The molecule has 19 heavy (non-hydrogen) atoms. The third kappa shape index (κ3) is 5.42. The molecular weight excluding hydrogens is 242 g/mol. The second kappa shape index (κ2) is 7.41. The standard InChI is InChI=1S/C14H21N3O2/c1-10-6-4-7-11(2)13(10)17-14(19)16-9-5-8-15-12(3)18/h4,6-7H,5,8-9H2,1-3H3,(H,15,18)(H2,16,17,19). The van der Waals surface area contributed by atoms with Crippen LogP contribution in [0.3, 0.4) is 0 Å². The molecule has 0 aliphatic heterocycles. The third-order valence-corrected chi connectivity index (χ3v) is 2.73. The van der Waals surface area contributed by atoms with Crippen LogP contribution in [0.1, 0.15) is 24.5 Å². The van der Waals surface area contributed by atoms with E-state index < -0.39 is 0 Å². The lowest BCUT2D eigenvalue weighted by Crippen LogP contribution is -2.32. The Labute approximate surface area is 113 Å². The molecule has 3 amide bonds. The number of rotatable bonds is 5. The number of hydrogen-bond acceptors (Lipinski definition) is 2. The molecule has 5 heteroatoms. The second-order valence-electron chi connectivity index (χ2n) is 4.48. The predicted molar refractivity (Wildman–Crippen MR) is 76.2 cm³/mol. The van der Waals surface area contributed by atoms with Crippen LogP contribution in [-0.2, 0) is 4.79 Å². The maximum Gasteiger partial charge on any atom is 0.319 e. The van der Waals surface area contributed by atoms with E-state index in [-0.39, 0.29) is 11.9 Å². The summed E-state index contributed by atoms with van der Waals surface area (Å²) in [6, 6.07) is 5.65. The van der Waals surface area contributed by atoms with Crippen LogP contribution in [0.2, 0.25) is 0 Å². The van der Waals surface area contributed by atoms with Crippen LogP contribution >= 0.6 is 0 Å². The van der Waals surface area contributed by atoms with E-state index >= 15 is 0 Å². The number of amides is 3. The number of carbonyl (C=O) groups excluding carboxylic acids is 2. The fraction of sp³-hybridized carbons (Fsp3) is 0.429. The number of benzene rings is 1. The summed E-state index contributed by atoms with van der Waals surface area (Å²) in [5.41, 5.74) is 2.92. The first-order chi connectivity index (χ1) is 9.00. The largest absolute Gasteiger partial charge is 0.356 e. The van der Waals surface area contributed by atoms with E-state index in [0.717, 1.165) is 16.8 Å². The molecule has 1 aromatic rings. The molecule has 0 aromatic heterocycles. The van der Waals surface area contributed by atoms with Crippen LogP contribution in [0.4, 0.5) is 10.5 Å². The van der Waals surface area contributed by atoms with Crippen LogP contribution in [0.25, 0.3) is 0 Å². The molecule has 0 unspecified atom stereocenters. The molecule has 104 valence electrons. The van der Waals surface area contributed by atoms with E-state index in [9.17, 15) is 9.59 Å². The smallest absolute Gasteiger partial charge is 0.319 e. The van der Waals surface area contributed by atoms with Gasteiger partial charge in [0.15, 0.2) is 0 Å². The van der Waals surface area contributed by atoms with Crippen molar-refractivity contribution in [2.75, 3.05) is 18.4 Å². The number of carbonyl (C=O) groups is 2. The summed E-state index contributed by atoms with van der Waals surface area (Å²) < 4.78 is 0. The van der Waals surface area contributed by atoms with Crippen molar-refractivity contribution in [3.8, 4) is 0 Å². The van der Waals surface area contributed by atoms with Gasteiger partial charge in [0.25, 0.3) is 0 Å². The molecule has 0 spiro atoms. The van der Waals surface area contributed by atoms with Gasteiger partial charge in [-0.05, 0) is 31.4 Å². The zero-order valence-corrected chi connectivity index (χ0v) is 11.7. The van der Waals surface area contributed by atoms with Gasteiger partial charge in [-0.2, -0.15) is 0 Å². The number of aryl methyl sites for hydroxylation is 2. The molecule has 0 saturated carbocycles. The summed E-state index contributed by atoms with van der Waals surface area (Å²) in [6.07, 6.45) is 0.708. The highest BCUT2D eigenvalue weighted by molar-refractivity contribution is 5.90. The topological polar surface area (TPSA) is 70.2 Å². The van der Waals surface area contributed by atoms with Crippen LogP contribution in [0.15, 0.2) is 18.2 Å². The van der Waals surface area contributed by atoms with Gasteiger partial charge >= 0.3 is 6.03 Å². The van der Waals surface area contributed by atoms with Crippen molar-refractivity contribution in [2.45, 2.75) is 27.2 Å². The summed E-state index contributed by atoms with van der Waals surface area (Å²) >= 11 is 0. The fourth-order valence-corrected chi connectivity index (χ4v) is 1.72. The van der Waals surface area contributed by atoms with Crippen molar-refractivity contribution in [1.29, 1.82) is 0 Å². The van der Waals surface area contributed by atoms with Crippen LogP contribution in [0.5, 0.6) is 0 Å². The molecule has 0 fully saturated rings. The summed E-state index contributed by atoms with van der Waals surface area (Å²) in [5, 5.41) is 8.28. The molecule has 5 nitrogen and oxygen atoms in total. The zero-order valence-electron chi connectivity index (χ0n) is 11.7. The molecular formula is C14H21N3O2. The highest BCUT2D eigenvalue weighted by atomic mass is 16.2. The minimum atomic E-state index is -0.222. The van der Waals surface area contributed by atoms with Crippen LogP contribution < -0.4 is 16.0 Å². The number of para-hydroxylation sites is 1. The summed E-state index contributed by atoms with van der Waals surface area (Å²) in [5.74, 6) is -0.0556. The van der Waals surface area contributed by atoms with Gasteiger partial charge in [-0.3, -0.25) is 4.79 Å².